The van der Waals surface area contributed by atoms with Crippen LogP contribution in [-0.2, 0) is 6.42 Å². The van der Waals surface area contributed by atoms with Gasteiger partial charge in [-0.15, -0.1) is 0 Å². The van der Waals surface area contributed by atoms with Gasteiger partial charge in [-0.3, -0.25) is 4.57 Å². The molecule has 0 bridgehead atoms. The lowest BCUT2D eigenvalue weighted by molar-refractivity contribution is 0.738. The SMILES string of the molecule is CCC1/C=C\C=C/Cc2ccccc2N1c1cc(-n2c3ccccc3c3ccccc32)nc(-c2ccc(-c3ccccc3)cc2)n1. The second-order valence-electron chi connectivity index (χ2n) is 11.7. The van der Waals surface area contributed by atoms with Gasteiger partial charge in [-0.2, -0.15) is 0 Å². The zero-order valence-corrected chi connectivity index (χ0v) is 25.8. The van der Waals surface area contributed by atoms with Crippen LogP contribution in [0.15, 0.2) is 158 Å². The number of hydrogen-bond donors (Lipinski definition) is 0. The predicted octanol–water partition coefficient (Wildman–Crippen LogP) is 10.5. The Morgan fingerprint density at radius 2 is 1.22 bits per heavy atom. The third kappa shape index (κ3) is 4.98. The average Bonchev–Trinajstić information content (AvgIpc) is 3.50. The van der Waals surface area contributed by atoms with Gasteiger partial charge in [0, 0.05) is 28.1 Å². The molecule has 4 heteroatoms. The van der Waals surface area contributed by atoms with Gasteiger partial charge in [-0.05, 0) is 47.7 Å². The number of nitrogens with zero attached hydrogens (tertiary/aromatic N) is 4. The Bertz CT molecular complexity index is 2170. The molecule has 1 atom stereocenters. The first-order valence-corrected chi connectivity index (χ1v) is 16.0. The first kappa shape index (κ1) is 27.8. The Labute approximate surface area is 269 Å². The van der Waals surface area contributed by atoms with Crippen molar-refractivity contribution in [2.75, 3.05) is 4.90 Å². The van der Waals surface area contributed by atoms with Gasteiger partial charge in [0.15, 0.2) is 5.82 Å². The van der Waals surface area contributed by atoms with Gasteiger partial charge in [-0.25, -0.2) is 9.97 Å². The van der Waals surface area contributed by atoms with Crippen LogP contribution in [0.4, 0.5) is 11.5 Å². The third-order valence-electron chi connectivity index (χ3n) is 8.92. The van der Waals surface area contributed by atoms with Crippen molar-refractivity contribution >= 4 is 33.3 Å². The summed E-state index contributed by atoms with van der Waals surface area (Å²) in [5, 5.41) is 2.42. The summed E-state index contributed by atoms with van der Waals surface area (Å²) >= 11 is 0. The average molecular weight is 595 g/mol. The quantitative estimate of drug-likeness (QED) is 0.199. The van der Waals surface area contributed by atoms with Crippen molar-refractivity contribution in [2.45, 2.75) is 25.8 Å². The fraction of sp³-hybridized carbons (Fsp3) is 0.0952. The maximum atomic E-state index is 5.35. The number of anilines is 2. The van der Waals surface area contributed by atoms with Gasteiger partial charge >= 0.3 is 0 Å². The third-order valence-corrected chi connectivity index (χ3v) is 8.92. The van der Waals surface area contributed by atoms with Crippen LogP contribution in [0.3, 0.4) is 0 Å². The van der Waals surface area contributed by atoms with Gasteiger partial charge in [0.05, 0.1) is 17.1 Å². The fourth-order valence-corrected chi connectivity index (χ4v) is 6.66. The van der Waals surface area contributed by atoms with Crippen LogP contribution in [0, 0.1) is 0 Å². The smallest absolute Gasteiger partial charge is 0.163 e. The Balaban J connectivity index is 1.38. The summed E-state index contributed by atoms with van der Waals surface area (Å²) in [4.78, 5) is 13.1. The lowest BCUT2D eigenvalue weighted by Gasteiger charge is -2.32. The molecule has 222 valence electrons. The van der Waals surface area contributed by atoms with Crippen LogP contribution in [0.2, 0.25) is 0 Å². The standard InChI is InChI=1S/C42H34N4/c1-2-34-19-8-4-7-17-32-18-9-12-22-37(32)45(34)40-29-41(46-38-23-13-10-20-35(38)36-21-11-14-24-39(36)46)44-42(43-40)33-27-25-31(26-28-33)30-15-5-3-6-16-30/h3-16,18-29,34H,2,17H2,1H3/b7-4-,19-8-. The molecular weight excluding hydrogens is 560 g/mol. The van der Waals surface area contributed by atoms with Crippen LogP contribution in [-0.4, -0.2) is 20.6 Å². The minimum atomic E-state index is 0.109. The molecule has 46 heavy (non-hydrogen) atoms. The molecule has 0 amide bonds. The Morgan fingerprint density at radius 1 is 0.609 bits per heavy atom. The summed E-state index contributed by atoms with van der Waals surface area (Å²) in [6, 6.07) is 47.3. The van der Waals surface area contributed by atoms with Gasteiger partial charge in [0.25, 0.3) is 0 Å². The highest BCUT2D eigenvalue weighted by Gasteiger charge is 2.24. The van der Waals surface area contributed by atoms with E-state index in [-0.39, 0.29) is 6.04 Å². The summed E-state index contributed by atoms with van der Waals surface area (Å²) in [6.07, 6.45) is 10.6. The van der Waals surface area contributed by atoms with Crippen LogP contribution < -0.4 is 4.90 Å². The van der Waals surface area contributed by atoms with Crippen molar-refractivity contribution < 1.29 is 0 Å². The lowest BCUT2D eigenvalue weighted by atomic mass is 10.0. The Kier molecular flexibility index (Phi) is 7.24. The summed E-state index contributed by atoms with van der Waals surface area (Å²) in [5.41, 5.74) is 8.02. The van der Waals surface area contributed by atoms with E-state index in [0.29, 0.717) is 5.82 Å². The van der Waals surface area contributed by atoms with E-state index in [1.165, 1.54) is 33.2 Å². The van der Waals surface area contributed by atoms with Crippen molar-refractivity contribution in [3.05, 3.63) is 163 Å². The van der Waals surface area contributed by atoms with Crippen LogP contribution in [0.1, 0.15) is 18.9 Å². The molecule has 7 aromatic rings. The van der Waals surface area contributed by atoms with E-state index >= 15 is 0 Å². The number of allylic oxidation sites excluding steroid dienone is 3. The monoisotopic (exact) mass is 594 g/mol. The van der Waals surface area contributed by atoms with Crippen molar-refractivity contribution in [2.24, 2.45) is 0 Å². The molecule has 0 spiro atoms. The van der Waals surface area contributed by atoms with Crippen molar-refractivity contribution in [1.82, 2.24) is 14.5 Å². The Hall–Kier alpha value is -5.74. The van der Waals surface area contributed by atoms with Gasteiger partial charge in [0.1, 0.15) is 11.6 Å². The molecule has 0 N–H and O–H groups in total. The number of para-hydroxylation sites is 3. The van der Waals surface area contributed by atoms with E-state index in [1.807, 2.05) is 6.07 Å². The largest absolute Gasteiger partial charge is 0.319 e. The normalized spacial score (nSPS) is 16.0. The molecule has 1 aliphatic rings. The molecule has 0 radical (unpaired) electrons. The Morgan fingerprint density at radius 3 is 1.96 bits per heavy atom. The summed E-state index contributed by atoms with van der Waals surface area (Å²) in [5.74, 6) is 2.42. The van der Waals surface area contributed by atoms with Crippen molar-refractivity contribution in [3.63, 3.8) is 0 Å². The second kappa shape index (κ2) is 12.0. The minimum Gasteiger partial charge on any atom is -0.319 e. The highest BCUT2D eigenvalue weighted by molar-refractivity contribution is 6.09. The van der Waals surface area contributed by atoms with Gasteiger partial charge in [-0.1, -0.05) is 140 Å². The first-order valence-electron chi connectivity index (χ1n) is 16.0. The van der Waals surface area contributed by atoms with Crippen LogP contribution in [0.25, 0.3) is 50.1 Å². The summed E-state index contributed by atoms with van der Waals surface area (Å²) in [7, 11) is 0. The number of fused-ring (bicyclic) bond motifs is 4. The molecule has 0 saturated heterocycles. The first-order chi connectivity index (χ1) is 22.8. The number of hydrogen-bond acceptors (Lipinski definition) is 3. The lowest BCUT2D eigenvalue weighted by Crippen LogP contribution is -2.30. The number of aromatic nitrogens is 3. The molecule has 5 aromatic carbocycles. The van der Waals surface area contributed by atoms with E-state index in [1.54, 1.807) is 0 Å². The molecule has 0 fully saturated rings. The molecule has 3 heterocycles. The number of rotatable bonds is 5. The van der Waals surface area contributed by atoms with Crippen molar-refractivity contribution in [1.29, 1.82) is 0 Å². The zero-order chi connectivity index (χ0) is 30.9. The molecule has 4 nitrogen and oxygen atoms in total. The molecule has 8 rings (SSSR count). The van der Waals surface area contributed by atoms with E-state index in [9.17, 15) is 0 Å². The molecule has 0 aliphatic carbocycles. The minimum absolute atomic E-state index is 0.109. The highest BCUT2D eigenvalue weighted by Crippen LogP contribution is 2.37. The molecular formula is C42H34N4. The fourth-order valence-electron chi connectivity index (χ4n) is 6.66. The molecule has 2 aromatic heterocycles. The van der Waals surface area contributed by atoms with Gasteiger partial charge < -0.3 is 4.90 Å². The highest BCUT2D eigenvalue weighted by atomic mass is 15.2. The summed E-state index contributed by atoms with van der Waals surface area (Å²) < 4.78 is 2.29. The molecule has 1 aliphatic heterocycles. The summed E-state index contributed by atoms with van der Waals surface area (Å²) in [6.45, 7) is 2.24. The number of benzene rings is 5. The van der Waals surface area contributed by atoms with E-state index in [2.05, 4.69) is 168 Å². The van der Waals surface area contributed by atoms with Crippen LogP contribution >= 0.6 is 0 Å². The second-order valence-corrected chi connectivity index (χ2v) is 11.7. The maximum Gasteiger partial charge on any atom is 0.163 e. The van der Waals surface area contributed by atoms with Crippen LogP contribution in [0.5, 0.6) is 0 Å². The topological polar surface area (TPSA) is 34.0 Å². The van der Waals surface area contributed by atoms with Crippen molar-refractivity contribution in [3.8, 4) is 28.3 Å². The zero-order valence-electron chi connectivity index (χ0n) is 25.8. The van der Waals surface area contributed by atoms with E-state index in [0.717, 1.165) is 41.1 Å². The molecule has 1 unspecified atom stereocenters. The predicted molar refractivity (Wildman–Crippen MR) is 192 cm³/mol. The maximum absolute atomic E-state index is 5.35. The van der Waals surface area contributed by atoms with Gasteiger partial charge in [0.2, 0.25) is 0 Å². The van der Waals surface area contributed by atoms with E-state index < -0.39 is 0 Å². The molecule has 0 saturated carbocycles. The van der Waals surface area contributed by atoms with E-state index in [4.69, 9.17) is 9.97 Å².